The lowest BCUT2D eigenvalue weighted by atomic mass is 10.1. The molecule has 2 saturated heterocycles. The van der Waals surface area contributed by atoms with Crippen LogP contribution in [0, 0.1) is 0 Å². The second-order valence-electron chi connectivity index (χ2n) is 6.96. The molecule has 1 aromatic rings. The Hall–Kier alpha value is -1.79. The fourth-order valence-electron chi connectivity index (χ4n) is 3.44. The molecule has 0 radical (unpaired) electrons. The van der Waals surface area contributed by atoms with Crippen LogP contribution in [0.15, 0.2) is 24.3 Å². The number of piperazine rings is 1. The van der Waals surface area contributed by atoms with Crippen LogP contribution in [0.2, 0.25) is 0 Å². The molecule has 0 bridgehead atoms. The van der Waals surface area contributed by atoms with Gasteiger partial charge in [-0.25, -0.2) is 4.79 Å². The van der Waals surface area contributed by atoms with Crippen molar-refractivity contribution in [1.29, 1.82) is 0 Å². The lowest BCUT2D eigenvalue weighted by Gasteiger charge is -2.36. The van der Waals surface area contributed by atoms with Crippen LogP contribution in [0.1, 0.15) is 18.4 Å². The first-order chi connectivity index (χ1) is 11.6. The number of nitrogens with one attached hydrogen (secondary N) is 1. The molecule has 2 heterocycles. The van der Waals surface area contributed by atoms with Crippen LogP contribution in [0.5, 0.6) is 5.75 Å². The van der Waals surface area contributed by atoms with Crippen LogP contribution >= 0.6 is 0 Å². The number of amides is 2. The van der Waals surface area contributed by atoms with E-state index in [1.54, 1.807) is 12.1 Å². The molecule has 6 nitrogen and oxygen atoms in total. The maximum absolute atomic E-state index is 12.4. The van der Waals surface area contributed by atoms with Gasteiger partial charge in [0.2, 0.25) is 0 Å². The summed E-state index contributed by atoms with van der Waals surface area (Å²) in [6.07, 6.45) is 2.08. The van der Waals surface area contributed by atoms with Crippen LogP contribution in [0.4, 0.5) is 4.79 Å². The molecule has 0 aromatic heterocycles. The van der Waals surface area contributed by atoms with Crippen LogP contribution in [0.3, 0.4) is 0 Å². The molecule has 3 rings (SSSR count). The topological polar surface area (TPSA) is 59.1 Å². The Morgan fingerprint density at radius 2 is 1.88 bits per heavy atom. The van der Waals surface area contributed by atoms with Crippen molar-refractivity contribution in [3.05, 3.63) is 29.8 Å². The summed E-state index contributed by atoms with van der Waals surface area (Å²) in [4.78, 5) is 19.0. The van der Waals surface area contributed by atoms with E-state index in [2.05, 4.69) is 22.2 Å². The fraction of sp³-hybridized carbons (Fsp3) is 0.611. The predicted octanol–water partition coefficient (Wildman–Crippen LogP) is 1.31. The smallest absolute Gasteiger partial charge is 0.317 e. The van der Waals surface area contributed by atoms with E-state index < -0.39 is 0 Å². The number of hydrogen-bond donors (Lipinski definition) is 2. The highest BCUT2D eigenvalue weighted by molar-refractivity contribution is 5.74. The lowest BCUT2D eigenvalue weighted by Crippen LogP contribution is -2.54. The van der Waals surface area contributed by atoms with E-state index in [1.807, 2.05) is 17.0 Å². The Morgan fingerprint density at radius 3 is 2.54 bits per heavy atom. The number of hydrogen-bond acceptors (Lipinski definition) is 4. The second-order valence-corrected chi connectivity index (χ2v) is 6.96. The van der Waals surface area contributed by atoms with Crippen molar-refractivity contribution in [1.82, 2.24) is 20.0 Å². The van der Waals surface area contributed by atoms with Gasteiger partial charge in [0.05, 0.1) is 0 Å². The summed E-state index contributed by atoms with van der Waals surface area (Å²) in [5.41, 5.74) is 1.11. The number of carbonyl (C=O) groups excluding carboxylic acids is 1. The Morgan fingerprint density at radius 1 is 1.17 bits per heavy atom. The monoisotopic (exact) mass is 332 g/mol. The number of nitrogens with zero attached hydrogens (tertiary/aromatic N) is 3. The summed E-state index contributed by atoms with van der Waals surface area (Å²) in [6, 6.07) is 7.80. The number of phenolic OH excluding ortho intramolecular Hbond substituents is 1. The van der Waals surface area contributed by atoms with Gasteiger partial charge >= 0.3 is 6.03 Å². The van der Waals surface area contributed by atoms with Crippen molar-refractivity contribution in [2.45, 2.75) is 25.4 Å². The van der Waals surface area contributed by atoms with E-state index in [4.69, 9.17) is 0 Å². The molecule has 0 aliphatic carbocycles. The Kier molecular flexibility index (Phi) is 5.58. The summed E-state index contributed by atoms with van der Waals surface area (Å²) in [5.74, 6) is 0.309. The number of likely N-dealkylation sites (tertiary alicyclic amines) is 1. The molecule has 2 aliphatic heterocycles. The van der Waals surface area contributed by atoms with Crippen LogP contribution in [0.25, 0.3) is 0 Å². The third-order valence-electron chi connectivity index (χ3n) is 5.02. The summed E-state index contributed by atoms with van der Waals surface area (Å²) in [5, 5.41) is 12.7. The van der Waals surface area contributed by atoms with Crippen molar-refractivity contribution < 1.29 is 9.90 Å². The maximum Gasteiger partial charge on any atom is 0.317 e. The Bertz CT molecular complexity index is 550. The second kappa shape index (κ2) is 7.85. The first kappa shape index (κ1) is 17.0. The average molecular weight is 332 g/mol. The third-order valence-corrected chi connectivity index (χ3v) is 5.02. The number of urea groups is 1. The molecule has 132 valence electrons. The number of benzene rings is 1. The van der Waals surface area contributed by atoms with Crippen molar-refractivity contribution in [3.63, 3.8) is 0 Å². The summed E-state index contributed by atoms with van der Waals surface area (Å²) in [7, 11) is 2.13. The molecule has 2 N–H and O–H groups in total. The number of carbonyl (C=O) groups is 1. The van der Waals surface area contributed by atoms with Gasteiger partial charge < -0.3 is 20.2 Å². The number of piperidine rings is 1. The molecular weight excluding hydrogens is 304 g/mol. The van der Waals surface area contributed by atoms with Gasteiger partial charge in [-0.2, -0.15) is 0 Å². The molecule has 6 heteroatoms. The normalized spacial score (nSPS) is 21.0. The van der Waals surface area contributed by atoms with Gasteiger partial charge in [0.15, 0.2) is 0 Å². The van der Waals surface area contributed by atoms with E-state index in [0.29, 0.717) is 11.8 Å². The zero-order valence-electron chi connectivity index (χ0n) is 14.4. The highest BCUT2D eigenvalue weighted by Crippen LogP contribution is 2.15. The molecular formula is C18H28N4O2. The van der Waals surface area contributed by atoms with Crippen molar-refractivity contribution >= 4 is 6.03 Å². The van der Waals surface area contributed by atoms with Crippen molar-refractivity contribution in [2.24, 2.45) is 0 Å². The van der Waals surface area contributed by atoms with Crippen LogP contribution < -0.4 is 5.32 Å². The summed E-state index contributed by atoms with van der Waals surface area (Å²) < 4.78 is 0. The Balaban J connectivity index is 1.42. The number of phenols is 1. The zero-order valence-corrected chi connectivity index (χ0v) is 14.4. The van der Waals surface area contributed by atoms with Gasteiger partial charge in [-0.05, 0) is 50.7 Å². The van der Waals surface area contributed by atoms with E-state index in [-0.39, 0.29) is 6.03 Å². The molecule has 0 saturated carbocycles. The molecule has 2 amide bonds. The van der Waals surface area contributed by atoms with Gasteiger partial charge in [0.1, 0.15) is 5.75 Å². The Labute approximate surface area is 144 Å². The molecule has 0 atom stereocenters. The average Bonchev–Trinajstić information content (AvgIpc) is 2.57. The van der Waals surface area contributed by atoms with Crippen molar-refractivity contribution in [2.75, 3.05) is 46.3 Å². The van der Waals surface area contributed by atoms with Gasteiger partial charge in [0.25, 0.3) is 0 Å². The highest BCUT2D eigenvalue weighted by atomic mass is 16.3. The number of aromatic hydroxyl groups is 1. The molecule has 0 unspecified atom stereocenters. The van der Waals surface area contributed by atoms with Gasteiger partial charge in [-0.3, -0.25) is 4.90 Å². The SMILES string of the molecule is CN1CCC(NC(=O)N2CCN(Cc3cccc(O)c3)CC2)CC1. The largest absolute Gasteiger partial charge is 0.508 e. The first-order valence-electron chi connectivity index (χ1n) is 8.84. The molecule has 1 aromatic carbocycles. The standard InChI is InChI=1S/C18H28N4O2/c1-20-7-5-16(6-8-20)19-18(24)22-11-9-21(10-12-22)14-15-3-2-4-17(23)13-15/h2-4,13,16,23H,5-12,14H2,1H3,(H,19,24). The quantitative estimate of drug-likeness (QED) is 0.876. The van der Waals surface area contributed by atoms with E-state index in [1.165, 1.54) is 0 Å². The molecule has 24 heavy (non-hydrogen) atoms. The van der Waals surface area contributed by atoms with E-state index in [9.17, 15) is 9.90 Å². The summed E-state index contributed by atoms with van der Waals surface area (Å²) >= 11 is 0. The van der Waals surface area contributed by atoms with E-state index >= 15 is 0 Å². The van der Waals surface area contributed by atoms with Crippen LogP contribution in [-0.2, 0) is 6.54 Å². The van der Waals surface area contributed by atoms with Crippen molar-refractivity contribution in [3.8, 4) is 5.75 Å². The molecule has 2 fully saturated rings. The van der Waals surface area contributed by atoms with Gasteiger partial charge in [0, 0.05) is 38.8 Å². The minimum atomic E-state index is 0.0848. The minimum absolute atomic E-state index is 0.0848. The number of rotatable bonds is 3. The van der Waals surface area contributed by atoms with Crippen LogP contribution in [-0.4, -0.2) is 78.2 Å². The van der Waals surface area contributed by atoms with E-state index in [0.717, 1.165) is 64.2 Å². The molecule has 0 spiro atoms. The molecule has 2 aliphatic rings. The third kappa shape index (κ3) is 4.61. The zero-order chi connectivity index (χ0) is 16.9. The fourth-order valence-corrected chi connectivity index (χ4v) is 3.44. The first-order valence-corrected chi connectivity index (χ1v) is 8.84. The van der Waals surface area contributed by atoms with Gasteiger partial charge in [-0.15, -0.1) is 0 Å². The van der Waals surface area contributed by atoms with Gasteiger partial charge in [-0.1, -0.05) is 12.1 Å². The lowest BCUT2D eigenvalue weighted by molar-refractivity contribution is 0.129. The predicted molar refractivity (Wildman–Crippen MR) is 94.0 cm³/mol. The highest BCUT2D eigenvalue weighted by Gasteiger charge is 2.24. The maximum atomic E-state index is 12.4. The minimum Gasteiger partial charge on any atom is -0.508 e. The summed E-state index contributed by atoms with van der Waals surface area (Å²) in [6.45, 7) is 6.20.